The van der Waals surface area contributed by atoms with Crippen LogP contribution in [0.4, 0.5) is 0 Å². The Kier molecular flexibility index (Phi) is 2.64. The lowest BCUT2D eigenvalue weighted by Crippen LogP contribution is -1.88. The number of hydrogen-bond donors (Lipinski definition) is 0. The molecule has 1 aliphatic rings. The van der Waals surface area contributed by atoms with Gasteiger partial charge in [-0.05, 0) is 25.5 Å². The van der Waals surface area contributed by atoms with Gasteiger partial charge in [-0.1, -0.05) is 12.8 Å². The van der Waals surface area contributed by atoms with E-state index in [0.29, 0.717) is 0 Å². The van der Waals surface area contributed by atoms with Gasteiger partial charge in [0.15, 0.2) is 0 Å². The zero-order chi connectivity index (χ0) is 5.66. The highest BCUT2D eigenvalue weighted by Crippen LogP contribution is 2.04. The molecule has 0 unspecified atom stereocenters. The second kappa shape index (κ2) is 3.65. The monoisotopic (exact) mass is 111 g/mol. The van der Waals surface area contributed by atoms with Crippen LogP contribution < -0.4 is 0 Å². The molecule has 0 bridgehead atoms. The molecule has 1 heteroatoms. The molecular formula is C7H13N. The first-order valence-corrected chi connectivity index (χ1v) is 3.48. The lowest BCUT2D eigenvalue weighted by molar-refractivity contribution is 0.649. The third-order valence-electron chi connectivity index (χ3n) is 1.50. The highest BCUT2D eigenvalue weighted by molar-refractivity contribution is 5.56. The Bertz CT molecular complexity index is 66.5. The van der Waals surface area contributed by atoms with E-state index in [1.807, 2.05) is 0 Å². The van der Waals surface area contributed by atoms with Crippen molar-refractivity contribution in [1.82, 2.24) is 0 Å². The van der Waals surface area contributed by atoms with Crippen LogP contribution in [0.15, 0.2) is 4.99 Å². The average molecular weight is 111 g/mol. The highest BCUT2D eigenvalue weighted by atomic mass is 14.7. The van der Waals surface area contributed by atoms with Crippen molar-refractivity contribution < 1.29 is 0 Å². The molecular weight excluding hydrogens is 98.1 g/mol. The predicted octanol–water partition coefficient (Wildman–Crippen LogP) is 2.02. The maximum absolute atomic E-state index is 4.21. The van der Waals surface area contributed by atoms with Gasteiger partial charge in [-0.15, -0.1) is 0 Å². The summed E-state index contributed by atoms with van der Waals surface area (Å²) in [6.07, 6.45) is 8.72. The van der Waals surface area contributed by atoms with Crippen LogP contribution in [0.1, 0.15) is 32.1 Å². The molecule has 0 saturated heterocycles. The molecule has 1 heterocycles. The average Bonchev–Trinajstić information content (AvgIpc) is 1.62. The number of nitrogens with zero attached hydrogens (tertiary/aromatic N) is 1. The van der Waals surface area contributed by atoms with Crippen LogP contribution in [-0.4, -0.2) is 12.8 Å². The molecule has 0 saturated carbocycles. The Morgan fingerprint density at radius 3 is 2.88 bits per heavy atom. The maximum Gasteiger partial charge on any atom is 0.0385 e. The molecule has 0 aromatic rings. The Hall–Kier alpha value is -0.330. The second-order valence-corrected chi connectivity index (χ2v) is 2.29. The summed E-state index contributed by atoms with van der Waals surface area (Å²) in [6.45, 7) is 1.07. The van der Waals surface area contributed by atoms with Crippen molar-refractivity contribution in [2.24, 2.45) is 4.99 Å². The topological polar surface area (TPSA) is 12.4 Å². The van der Waals surface area contributed by atoms with Crippen molar-refractivity contribution in [1.29, 1.82) is 0 Å². The van der Waals surface area contributed by atoms with Gasteiger partial charge >= 0.3 is 0 Å². The largest absolute Gasteiger partial charge is 0.298 e. The van der Waals surface area contributed by atoms with Crippen LogP contribution >= 0.6 is 0 Å². The van der Waals surface area contributed by atoms with Gasteiger partial charge in [-0.25, -0.2) is 0 Å². The van der Waals surface area contributed by atoms with Gasteiger partial charge in [0.1, 0.15) is 0 Å². The highest BCUT2D eigenvalue weighted by Gasteiger charge is 1.90. The Labute approximate surface area is 50.8 Å². The van der Waals surface area contributed by atoms with Gasteiger partial charge in [0, 0.05) is 6.54 Å². The molecule has 1 aliphatic heterocycles. The van der Waals surface area contributed by atoms with Crippen LogP contribution in [0.25, 0.3) is 0 Å². The zero-order valence-electron chi connectivity index (χ0n) is 5.27. The summed E-state index contributed by atoms with van der Waals surface area (Å²) in [6, 6.07) is 0. The summed E-state index contributed by atoms with van der Waals surface area (Å²) in [5.74, 6) is 0. The fourth-order valence-corrected chi connectivity index (χ4v) is 0.975. The summed E-state index contributed by atoms with van der Waals surface area (Å²) in [4.78, 5) is 4.21. The second-order valence-electron chi connectivity index (χ2n) is 2.29. The first-order chi connectivity index (χ1) is 4.00. The minimum atomic E-state index is 1.07. The molecule has 0 radical (unpaired) electrons. The fraction of sp³-hybridized carbons (Fsp3) is 0.857. The fourth-order valence-electron chi connectivity index (χ4n) is 0.975. The Balaban J connectivity index is 2.17. The lowest BCUT2D eigenvalue weighted by Gasteiger charge is -1.99. The first-order valence-electron chi connectivity index (χ1n) is 3.48. The first kappa shape index (κ1) is 5.80. The summed E-state index contributed by atoms with van der Waals surface area (Å²) >= 11 is 0. The maximum atomic E-state index is 4.21. The molecule has 0 aromatic heterocycles. The van der Waals surface area contributed by atoms with E-state index >= 15 is 0 Å². The molecule has 0 fully saturated rings. The molecule has 1 rings (SSSR count). The summed E-state index contributed by atoms with van der Waals surface area (Å²) in [5.41, 5.74) is 0. The molecule has 0 aliphatic carbocycles. The van der Waals surface area contributed by atoms with E-state index in [2.05, 4.69) is 11.2 Å². The van der Waals surface area contributed by atoms with E-state index in [9.17, 15) is 0 Å². The van der Waals surface area contributed by atoms with Gasteiger partial charge in [0.05, 0.1) is 0 Å². The zero-order valence-corrected chi connectivity index (χ0v) is 5.27. The molecule has 1 nitrogen and oxygen atoms in total. The van der Waals surface area contributed by atoms with Crippen LogP contribution in [0.5, 0.6) is 0 Å². The van der Waals surface area contributed by atoms with Crippen LogP contribution in [-0.2, 0) is 0 Å². The van der Waals surface area contributed by atoms with Crippen molar-refractivity contribution in [3.8, 4) is 0 Å². The third kappa shape index (κ3) is 2.10. The van der Waals surface area contributed by atoms with Crippen LogP contribution in [0.3, 0.4) is 0 Å². The lowest BCUT2D eigenvalue weighted by atomic mass is 10.1. The molecule has 8 heavy (non-hydrogen) atoms. The van der Waals surface area contributed by atoms with Crippen molar-refractivity contribution in [2.45, 2.75) is 32.1 Å². The van der Waals surface area contributed by atoms with Crippen molar-refractivity contribution in [3.05, 3.63) is 0 Å². The molecule has 0 spiro atoms. The molecule has 46 valence electrons. The third-order valence-corrected chi connectivity index (χ3v) is 1.50. The minimum absolute atomic E-state index is 1.07. The van der Waals surface area contributed by atoms with E-state index in [1.165, 1.54) is 32.1 Å². The van der Waals surface area contributed by atoms with E-state index in [1.54, 1.807) is 0 Å². The molecule has 0 atom stereocenters. The Morgan fingerprint density at radius 1 is 1.00 bits per heavy atom. The smallest absolute Gasteiger partial charge is 0.0385 e. The van der Waals surface area contributed by atoms with E-state index < -0.39 is 0 Å². The quantitative estimate of drug-likeness (QED) is 0.453. The summed E-state index contributed by atoms with van der Waals surface area (Å²) < 4.78 is 0. The van der Waals surface area contributed by atoms with Gasteiger partial charge in [0.2, 0.25) is 0 Å². The molecule has 0 aromatic carbocycles. The van der Waals surface area contributed by atoms with Gasteiger partial charge in [0.25, 0.3) is 0 Å². The van der Waals surface area contributed by atoms with Gasteiger partial charge in [-0.3, -0.25) is 4.99 Å². The number of hydrogen-bond acceptors (Lipinski definition) is 1. The summed E-state index contributed by atoms with van der Waals surface area (Å²) in [5, 5.41) is 0. The van der Waals surface area contributed by atoms with Gasteiger partial charge < -0.3 is 0 Å². The summed E-state index contributed by atoms with van der Waals surface area (Å²) in [7, 11) is 0. The van der Waals surface area contributed by atoms with Crippen molar-refractivity contribution >= 4 is 6.21 Å². The van der Waals surface area contributed by atoms with E-state index in [4.69, 9.17) is 0 Å². The molecule has 0 N–H and O–H groups in total. The normalized spacial score (nSPS) is 26.0. The van der Waals surface area contributed by atoms with Gasteiger partial charge in [-0.2, -0.15) is 0 Å². The SMILES string of the molecule is C1=N\CCCCCC/1. The molecule has 0 amide bonds. The Morgan fingerprint density at radius 2 is 1.88 bits per heavy atom. The number of aliphatic imine (C=N–C) groups is 1. The van der Waals surface area contributed by atoms with E-state index in [0.717, 1.165) is 6.54 Å². The van der Waals surface area contributed by atoms with E-state index in [-0.39, 0.29) is 0 Å². The minimum Gasteiger partial charge on any atom is -0.298 e. The van der Waals surface area contributed by atoms with Crippen molar-refractivity contribution in [2.75, 3.05) is 6.54 Å². The van der Waals surface area contributed by atoms with Crippen molar-refractivity contribution in [3.63, 3.8) is 0 Å². The standard InChI is InChI=1S/C7H13N/c1-2-4-6-8-7-5-3-1/h6H,1-5,7H2/b8-6-. The van der Waals surface area contributed by atoms with Crippen LogP contribution in [0, 0.1) is 0 Å². The van der Waals surface area contributed by atoms with Crippen LogP contribution in [0.2, 0.25) is 0 Å². The number of rotatable bonds is 0. The predicted molar refractivity (Wildman–Crippen MR) is 36.4 cm³/mol.